The van der Waals surface area contributed by atoms with Crippen molar-refractivity contribution in [3.8, 4) is 17.3 Å². The molecule has 3 aromatic rings. The molecule has 0 saturated heterocycles. The highest BCUT2D eigenvalue weighted by molar-refractivity contribution is 7.88. The first-order valence-electron chi connectivity index (χ1n) is 10.8. The summed E-state index contributed by atoms with van der Waals surface area (Å²) in [5.74, 6) is 0.0688. The highest BCUT2D eigenvalue weighted by Crippen LogP contribution is 2.29. The molecule has 8 nitrogen and oxygen atoms in total. The van der Waals surface area contributed by atoms with Crippen molar-refractivity contribution in [1.29, 1.82) is 5.26 Å². The topological polar surface area (TPSA) is 106 Å². The molecule has 0 aliphatic rings. The van der Waals surface area contributed by atoms with Gasteiger partial charge in [-0.15, -0.1) is 0 Å². The maximum absolute atomic E-state index is 13.5. The summed E-state index contributed by atoms with van der Waals surface area (Å²) in [5, 5.41) is 12.7. The van der Waals surface area contributed by atoms with Gasteiger partial charge in [0, 0.05) is 32.2 Å². The van der Waals surface area contributed by atoms with Gasteiger partial charge in [0.25, 0.3) is 0 Å². The fourth-order valence-corrected chi connectivity index (χ4v) is 3.84. The van der Waals surface area contributed by atoms with E-state index in [4.69, 9.17) is 0 Å². The Labute approximate surface area is 204 Å². The van der Waals surface area contributed by atoms with Crippen LogP contribution in [0.3, 0.4) is 0 Å². The maximum Gasteiger partial charge on any atom is 0.214 e. The Morgan fingerprint density at radius 1 is 1.11 bits per heavy atom. The monoisotopic (exact) mass is 495 g/mol. The number of amides is 1. The Balaban J connectivity index is 1.91. The lowest BCUT2D eigenvalue weighted by Crippen LogP contribution is -2.35. The lowest BCUT2D eigenvalue weighted by atomic mass is 10.0. The Bertz CT molecular complexity index is 1340. The molecule has 1 amide bonds. The number of benzene rings is 2. The Hall–Kier alpha value is -3.81. The predicted molar refractivity (Wildman–Crippen MR) is 134 cm³/mol. The van der Waals surface area contributed by atoms with Crippen LogP contribution >= 0.6 is 0 Å². The van der Waals surface area contributed by atoms with Crippen LogP contribution in [0.5, 0.6) is 0 Å². The van der Waals surface area contributed by atoms with Crippen molar-refractivity contribution < 1.29 is 17.6 Å². The third kappa shape index (κ3) is 6.85. The molecule has 0 aliphatic carbocycles. The van der Waals surface area contributed by atoms with Crippen LogP contribution in [-0.2, 0) is 21.2 Å². The van der Waals surface area contributed by atoms with Gasteiger partial charge < -0.3 is 10.2 Å². The number of carbonyl (C=O) groups is 1. The SMILES string of the molecule is CN(CCN(C=O)c1ccc(-c2ccccc2C#N)nc1NCCc1cccc(F)c1)S(C)(=O)=O. The second-order valence-corrected chi connectivity index (χ2v) is 10.0. The van der Waals surface area contributed by atoms with Crippen LogP contribution < -0.4 is 10.2 Å². The van der Waals surface area contributed by atoms with E-state index in [9.17, 15) is 22.9 Å². The van der Waals surface area contributed by atoms with E-state index in [-0.39, 0.29) is 18.9 Å². The largest absolute Gasteiger partial charge is 0.368 e. The van der Waals surface area contributed by atoms with E-state index in [0.29, 0.717) is 47.7 Å². The summed E-state index contributed by atoms with van der Waals surface area (Å²) < 4.78 is 38.2. The summed E-state index contributed by atoms with van der Waals surface area (Å²) in [6, 6.07) is 18.9. The van der Waals surface area contributed by atoms with E-state index >= 15 is 0 Å². The molecule has 0 unspecified atom stereocenters. The fourth-order valence-electron chi connectivity index (χ4n) is 3.43. The molecule has 35 heavy (non-hydrogen) atoms. The molecule has 10 heteroatoms. The number of anilines is 2. The Kier molecular flexibility index (Phi) is 8.52. The van der Waals surface area contributed by atoms with E-state index in [1.807, 2.05) is 12.1 Å². The van der Waals surface area contributed by atoms with E-state index in [1.54, 1.807) is 36.4 Å². The Morgan fingerprint density at radius 2 is 1.89 bits per heavy atom. The van der Waals surface area contributed by atoms with Crippen molar-refractivity contribution >= 4 is 27.9 Å². The standard InChI is InChI=1S/C25H26FN5O3S/c1-30(35(2,33)34)14-15-31(18-32)24-11-10-23(22-9-4-3-7-20(22)17-27)29-25(24)28-13-12-19-6-5-8-21(26)16-19/h3-11,16,18H,12-15H2,1-2H3,(H,28,29). The van der Waals surface area contributed by atoms with Gasteiger partial charge in [0.1, 0.15) is 5.82 Å². The molecule has 182 valence electrons. The van der Waals surface area contributed by atoms with Gasteiger partial charge in [0.15, 0.2) is 5.82 Å². The summed E-state index contributed by atoms with van der Waals surface area (Å²) in [7, 11) is -1.96. The number of aromatic nitrogens is 1. The van der Waals surface area contributed by atoms with Crippen LogP contribution in [0.2, 0.25) is 0 Å². The molecule has 0 radical (unpaired) electrons. The maximum atomic E-state index is 13.5. The number of pyridine rings is 1. The van der Waals surface area contributed by atoms with Gasteiger partial charge in [-0.1, -0.05) is 30.3 Å². The van der Waals surface area contributed by atoms with Gasteiger partial charge in [-0.05, 0) is 42.3 Å². The van der Waals surface area contributed by atoms with Crippen molar-refractivity contribution in [1.82, 2.24) is 9.29 Å². The molecule has 0 spiro atoms. The summed E-state index contributed by atoms with van der Waals surface area (Å²) in [4.78, 5) is 18.0. The number of nitrogens with zero attached hydrogens (tertiary/aromatic N) is 4. The third-order valence-electron chi connectivity index (χ3n) is 5.45. The minimum absolute atomic E-state index is 0.0966. The van der Waals surface area contributed by atoms with E-state index < -0.39 is 10.0 Å². The zero-order valence-corrected chi connectivity index (χ0v) is 20.3. The molecule has 2 aromatic carbocycles. The summed E-state index contributed by atoms with van der Waals surface area (Å²) in [6.07, 6.45) is 2.23. The van der Waals surface area contributed by atoms with E-state index in [1.165, 1.54) is 24.1 Å². The molecule has 0 atom stereocenters. The van der Waals surface area contributed by atoms with Crippen molar-refractivity contribution in [2.45, 2.75) is 6.42 Å². The van der Waals surface area contributed by atoms with Gasteiger partial charge in [-0.25, -0.2) is 22.1 Å². The predicted octanol–water partition coefficient (Wildman–Crippen LogP) is 3.27. The average molecular weight is 496 g/mol. The van der Waals surface area contributed by atoms with Crippen molar-refractivity contribution in [3.63, 3.8) is 0 Å². The van der Waals surface area contributed by atoms with Crippen LogP contribution in [0.15, 0.2) is 60.7 Å². The van der Waals surface area contributed by atoms with Crippen LogP contribution in [-0.4, -0.2) is 57.1 Å². The van der Waals surface area contributed by atoms with Gasteiger partial charge in [0.05, 0.1) is 29.3 Å². The number of nitriles is 1. The van der Waals surface area contributed by atoms with Gasteiger partial charge >= 0.3 is 0 Å². The number of carbonyl (C=O) groups excluding carboxylic acids is 1. The van der Waals surface area contributed by atoms with Gasteiger partial charge in [-0.3, -0.25) is 4.79 Å². The molecule has 1 heterocycles. The molecule has 0 fully saturated rings. The number of halogens is 1. The minimum atomic E-state index is -3.40. The fraction of sp³-hybridized carbons (Fsp3) is 0.240. The molecule has 1 aromatic heterocycles. The summed E-state index contributed by atoms with van der Waals surface area (Å²) in [6.45, 7) is 0.615. The number of hydrogen-bond acceptors (Lipinski definition) is 6. The number of nitrogens with one attached hydrogen (secondary N) is 1. The molecule has 0 bridgehead atoms. The number of hydrogen-bond donors (Lipinski definition) is 1. The quantitative estimate of drug-likeness (QED) is 0.409. The second kappa shape index (κ2) is 11.6. The van der Waals surface area contributed by atoms with Crippen molar-refractivity contribution in [2.24, 2.45) is 0 Å². The number of rotatable bonds is 11. The normalized spacial score (nSPS) is 11.2. The molecule has 0 saturated carbocycles. The summed E-state index contributed by atoms with van der Waals surface area (Å²) in [5.41, 5.74) is 2.90. The van der Waals surface area contributed by atoms with Crippen LogP contribution in [0, 0.1) is 17.1 Å². The zero-order valence-electron chi connectivity index (χ0n) is 19.5. The van der Waals surface area contributed by atoms with Crippen LogP contribution in [0.25, 0.3) is 11.3 Å². The lowest BCUT2D eigenvalue weighted by Gasteiger charge is -2.24. The van der Waals surface area contributed by atoms with E-state index in [2.05, 4.69) is 16.4 Å². The lowest BCUT2D eigenvalue weighted by molar-refractivity contribution is -0.107. The minimum Gasteiger partial charge on any atom is -0.368 e. The highest BCUT2D eigenvalue weighted by atomic mass is 32.2. The third-order valence-corrected chi connectivity index (χ3v) is 6.77. The van der Waals surface area contributed by atoms with Crippen molar-refractivity contribution in [2.75, 3.05) is 43.2 Å². The second-order valence-electron chi connectivity index (χ2n) is 7.91. The van der Waals surface area contributed by atoms with E-state index in [0.717, 1.165) is 16.1 Å². The summed E-state index contributed by atoms with van der Waals surface area (Å²) >= 11 is 0. The molecular formula is C25H26FN5O3S. The average Bonchev–Trinajstić information content (AvgIpc) is 2.84. The number of likely N-dealkylation sites (N-methyl/N-ethyl adjacent to an activating group) is 1. The first kappa shape index (κ1) is 25.8. The molecule has 0 aliphatic heterocycles. The first-order chi connectivity index (χ1) is 16.7. The first-order valence-corrected chi connectivity index (χ1v) is 12.7. The highest BCUT2D eigenvalue weighted by Gasteiger charge is 2.18. The van der Waals surface area contributed by atoms with Gasteiger partial charge in [0.2, 0.25) is 16.4 Å². The van der Waals surface area contributed by atoms with Gasteiger partial charge in [-0.2, -0.15) is 5.26 Å². The number of sulfonamides is 1. The van der Waals surface area contributed by atoms with Crippen molar-refractivity contribution in [3.05, 3.63) is 77.6 Å². The molecule has 3 rings (SSSR count). The smallest absolute Gasteiger partial charge is 0.214 e. The van der Waals surface area contributed by atoms with Crippen LogP contribution in [0.1, 0.15) is 11.1 Å². The zero-order chi connectivity index (χ0) is 25.4. The van der Waals surface area contributed by atoms with Crippen LogP contribution in [0.4, 0.5) is 15.9 Å². The Morgan fingerprint density at radius 3 is 2.57 bits per heavy atom. The molecular weight excluding hydrogens is 469 g/mol. The molecule has 1 N–H and O–H groups in total.